The molecule has 1 atom stereocenters. The van der Waals surface area contributed by atoms with Crippen molar-refractivity contribution in [2.75, 3.05) is 40.0 Å². The molecule has 19 heavy (non-hydrogen) atoms. The summed E-state index contributed by atoms with van der Waals surface area (Å²) in [5.74, 6) is -1.19. The molecule has 2 N–H and O–H groups in total. The summed E-state index contributed by atoms with van der Waals surface area (Å²) in [6.45, 7) is 2.13. The third-order valence-electron chi connectivity index (χ3n) is 2.51. The quantitative estimate of drug-likeness (QED) is 0.666. The van der Waals surface area contributed by atoms with E-state index in [9.17, 15) is 13.9 Å². The molecule has 0 radical (unpaired) electrons. The van der Waals surface area contributed by atoms with Crippen LogP contribution in [0, 0.1) is 11.6 Å². The molecule has 0 aliphatic carbocycles. The second-order valence-electron chi connectivity index (χ2n) is 3.99. The third kappa shape index (κ3) is 6.07. The van der Waals surface area contributed by atoms with Crippen molar-refractivity contribution in [3.63, 3.8) is 0 Å². The van der Waals surface area contributed by atoms with Gasteiger partial charge in [0, 0.05) is 25.8 Å². The lowest BCUT2D eigenvalue weighted by atomic mass is 10.1. The number of halogens is 2. The Morgan fingerprint density at radius 1 is 1.26 bits per heavy atom. The zero-order valence-corrected chi connectivity index (χ0v) is 10.9. The SMILES string of the molecule is COCCOCCNCC(O)c1cc(F)ccc1F. The van der Waals surface area contributed by atoms with Crippen LogP contribution in [0.4, 0.5) is 8.78 Å². The smallest absolute Gasteiger partial charge is 0.129 e. The van der Waals surface area contributed by atoms with Crippen LogP contribution in [0.15, 0.2) is 18.2 Å². The topological polar surface area (TPSA) is 50.7 Å². The van der Waals surface area contributed by atoms with Crippen molar-refractivity contribution in [3.05, 3.63) is 35.4 Å². The maximum atomic E-state index is 13.3. The van der Waals surface area contributed by atoms with Gasteiger partial charge in [0.2, 0.25) is 0 Å². The summed E-state index contributed by atoms with van der Waals surface area (Å²) in [6, 6.07) is 3.02. The summed E-state index contributed by atoms with van der Waals surface area (Å²) in [6.07, 6.45) is -1.09. The highest BCUT2D eigenvalue weighted by molar-refractivity contribution is 5.21. The number of aliphatic hydroxyl groups excluding tert-OH is 1. The first-order valence-electron chi connectivity index (χ1n) is 6.05. The first-order valence-corrected chi connectivity index (χ1v) is 6.05. The molecule has 1 aromatic carbocycles. The van der Waals surface area contributed by atoms with E-state index in [1.54, 1.807) is 7.11 Å². The van der Waals surface area contributed by atoms with Crippen LogP contribution in [0.1, 0.15) is 11.7 Å². The van der Waals surface area contributed by atoms with Gasteiger partial charge in [-0.15, -0.1) is 0 Å². The molecule has 0 saturated carbocycles. The minimum atomic E-state index is -1.09. The molecule has 6 heteroatoms. The van der Waals surface area contributed by atoms with Crippen LogP contribution in [-0.2, 0) is 9.47 Å². The van der Waals surface area contributed by atoms with Crippen LogP contribution in [0.25, 0.3) is 0 Å². The fourth-order valence-electron chi connectivity index (χ4n) is 1.51. The lowest BCUT2D eigenvalue weighted by Crippen LogP contribution is -2.26. The highest BCUT2D eigenvalue weighted by Gasteiger charge is 2.13. The van der Waals surface area contributed by atoms with Crippen molar-refractivity contribution in [1.29, 1.82) is 0 Å². The molecule has 0 saturated heterocycles. The van der Waals surface area contributed by atoms with Crippen molar-refractivity contribution in [3.8, 4) is 0 Å². The fraction of sp³-hybridized carbons (Fsp3) is 0.538. The molecule has 1 rings (SSSR count). The molecule has 1 unspecified atom stereocenters. The van der Waals surface area contributed by atoms with Gasteiger partial charge in [0.15, 0.2) is 0 Å². The van der Waals surface area contributed by atoms with Gasteiger partial charge < -0.3 is 19.9 Å². The molecule has 4 nitrogen and oxygen atoms in total. The number of nitrogens with one attached hydrogen (secondary N) is 1. The molecule has 0 fully saturated rings. The van der Waals surface area contributed by atoms with Crippen molar-refractivity contribution in [1.82, 2.24) is 5.32 Å². The molecule has 1 aromatic rings. The average molecular weight is 275 g/mol. The minimum Gasteiger partial charge on any atom is -0.387 e. The Hall–Kier alpha value is -1.08. The fourth-order valence-corrected chi connectivity index (χ4v) is 1.51. The minimum absolute atomic E-state index is 0.0483. The summed E-state index contributed by atoms with van der Waals surface area (Å²) in [4.78, 5) is 0. The van der Waals surface area contributed by atoms with E-state index in [-0.39, 0.29) is 12.1 Å². The van der Waals surface area contributed by atoms with Crippen LogP contribution >= 0.6 is 0 Å². The van der Waals surface area contributed by atoms with E-state index in [1.165, 1.54) is 0 Å². The maximum Gasteiger partial charge on any atom is 0.129 e. The van der Waals surface area contributed by atoms with Gasteiger partial charge in [-0.1, -0.05) is 0 Å². The monoisotopic (exact) mass is 275 g/mol. The highest BCUT2D eigenvalue weighted by atomic mass is 19.1. The van der Waals surface area contributed by atoms with Gasteiger partial charge in [-0.25, -0.2) is 8.78 Å². The van der Waals surface area contributed by atoms with Crippen molar-refractivity contribution in [2.24, 2.45) is 0 Å². The number of benzene rings is 1. The number of hydrogen-bond acceptors (Lipinski definition) is 4. The molecule has 0 heterocycles. The molecule has 0 aliphatic heterocycles. The Kier molecular flexibility index (Phi) is 7.50. The van der Waals surface area contributed by atoms with Crippen LogP contribution in [-0.4, -0.2) is 45.1 Å². The number of aliphatic hydroxyl groups is 1. The lowest BCUT2D eigenvalue weighted by molar-refractivity contribution is 0.0702. The number of rotatable bonds is 9. The Morgan fingerprint density at radius 2 is 2.05 bits per heavy atom. The van der Waals surface area contributed by atoms with E-state index in [2.05, 4.69) is 5.32 Å². The van der Waals surface area contributed by atoms with E-state index < -0.39 is 17.7 Å². The van der Waals surface area contributed by atoms with Gasteiger partial charge in [-0.3, -0.25) is 0 Å². The van der Waals surface area contributed by atoms with Crippen LogP contribution in [0.3, 0.4) is 0 Å². The van der Waals surface area contributed by atoms with Crippen molar-refractivity contribution >= 4 is 0 Å². The second-order valence-corrected chi connectivity index (χ2v) is 3.99. The van der Waals surface area contributed by atoms with E-state index >= 15 is 0 Å². The lowest BCUT2D eigenvalue weighted by Gasteiger charge is -2.13. The summed E-state index contributed by atoms with van der Waals surface area (Å²) < 4.78 is 36.3. The first kappa shape index (κ1) is 16.0. The van der Waals surface area contributed by atoms with Gasteiger partial charge in [0.25, 0.3) is 0 Å². The number of ether oxygens (including phenoxy) is 2. The van der Waals surface area contributed by atoms with Gasteiger partial charge in [-0.2, -0.15) is 0 Å². The summed E-state index contributed by atoms with van der Waals surface area (Å²) >= 11 is 0. The summed E-state index contributed by atoms with van der Waals surface area (Å²) in [5, 5.41) is 12.6. The Balaban J connectivity index is 2.23. The maximum absolute atomic E-state index is 13.3. The Labute approximate surface area is 111 Å². The molecular formula is C13H19F2NO3. The normalized spacial score (nSPS) is 12.6. The van der Waals surface area contributed by atoms with E-state index in [4.69, 9.17) is 9.47 Å². The van der Waals surface area contributed by atoms with Gasteiger partial charge in [0.05, 0.1) is 25.9 Å². The van der Waals surface area contributed by atoms with Gasteiger partial charge >= 0.3 is 0 Å². The standard InChI is InChI=1S/C13H19F2NO3/c1-18-6-7-19-5-4-16-9-13(17)11-8-10(14)2-3-12(11)15/h2-3,8,13,16-17H,4-7,9H2,1H3. The first-order chi connectivity index (χ1) is 9.15. The zero-order chi connectivity index (χ0) is 14.1. The molecule has 0 bridgehead atoms. The Bertz CT molecular complexity index is 377. The molecule has 0 spiro atoms. The van der Waals surface area contributed by atoms with E-state index in [0.717, 1.165) is 18.2 Å². The van der Waals surface area contributed by atoms with Crippen LogP contribution in [0.2, 0.25) is 0 Å². The summed E-state index contributed by atoms with van der Waals surface area (Å²) in [5.41, 5.74) is -0.0483. The Morgan fingerprint density at radius 3 is 2.79 bits per heavy atom. The highest BCUT2D eigenvalue weighted by Crippen LogP contribution is 2.17. The van der Waals surface area contributed by atoms with Crippen molar-refractivity contribution in [2.45, 2.75) is 6.10 Å². The number of hydrogen-bond donors (Lipinski definition) is 2. The van der Waals surface area contributed by atoms with Crippen LogP contribution in [0.5, 0.6) is 0 Å². The number of methoxy groups -OCH3 is 1. The molecule has 0 amide bonds. The average Bonchev–Trinajstić information content (AvgIpc) is 2.40. The molecule has 0 aromatic heterocycles. The summed E-state index contributed by atoms with van der Waals surface area (Å²) in [7, 11) is 1.59. The largest absolute Gasteiger partial charge is 0.387 e. The second kappa shape index (κ2) is 8.92. The van der Waals surface area contributed by atoms with Gasteiger partial charge in [0.1, 0.15) is 11.6 Å². The zero-order valence-electron chi connectivity index (χ0n) is 10.9. The molecule has 108 valence electrons. The van der Waals surface area contributed by atoms with E-state index in [1.807, 2.05) is 0 Å². The van der Waals surface area contributed by atoms with Gasteiger partial charge in [-0.05, 0) is 18.2 Å². The third-order valence-corrected chi connectivity index (χ3v) is 2.51. The predicted octanol–water partition coefficient (Wildman–Crippen LogP) is 1.25. The van der Waals surface area contributed by atoms with E-state index in [0.29, 0.717) is 26.4 Å². The predicted molar refractivity (Wildman–Crippen MR) is 66.9 cm³/mol. The molecule has 0 aliphatic rings. The van der Waals surface area contributed by atoms with Crippen molar-refractivity contribution < 1.29 is 23.4 Å². The van der Waals surface area contributed by atoms with Crippen LogP contribution < -0.4 is 5.32 Å². The molecular weight excluding hydrogens is 256 g/mol.